The lowest BCUT2D eigenvalue weighted by molar-refractivity contribution is -0.126. The number of rotatable bonds is 3. The number of aromatic nitrogens is 3. The highest BCUT2D eigenvalue weighted by Crippen LogP contribution is 2.28. The molecular formula is C16H23N5OS. The zero-order valence-corrected chi connectivity index (χ0v) is 14.6. The number of nitrogens with zero attached hydrogens (tertiary/aromatic N) is 4. The van der Waals surface area contributed by atoms with Crippen molar-refractivity contribution in [2.75, 3.05) is 18.0 Å². The molecule has 0 bridgehead atoms. The first-order valence-corrected chi connectivity index (χ1v) is 8.78. The molecule has 2 aromatic heterocycles. The Morgan fingerprint density at radius 2 is 1.96 bits per heavy atom. The maximum Gasteiger partial charge on any atom is 0.225 e. The number of nitrogens with one attached hydrogen (secondary N) is 1. The average molecular weight is 333 g/mol. The minimum absolute atomic E-state index is 0.0157. The summed E-state index contributed by atoms with van der Waals surface area (Å²) >= 11 is 1.56. The SMILES string of the molecule is CC(C)(C)NC(=O)[C@H]1CCCN(c2nnc(-n3cccc3)s2)C1. The number of anilines is 1. The quantitative estimate of drug-likeness (QED) is 0.937. The van der Waals surface area contributed by atoms with Crippen molar-refractivity contribution in [3.63, 3.8) is 0 Å². The zero-order valence-electron chi connectivity index (χ0n) is 13.8. The van der Waals surface area contributed by atoms with Gasteiger partial charge in [-0.05, 0) is 45.7 Å². The summed E-state index contributed by atoms with van der Waals surface area (Å²) in [5.41, 5.74) is -0.191. The summed E-state index contributed by atoms with van der Waals surface area (Å²) in [5, 5.41) is 13.4. The molecule has 1 atom stereocenters. The molecule has 3 rings (SSSR count). The topological polar surface area (TPSA) is 63.1 Å². The molecule has 1 aliphatic rings. The second-order valence-electron chi connectivity index (χ2n) is 6.98. The van der Waals surface area contributed by atoms with E-state index in [0.29, 0.717) is 6.54 Å². The van der Waals surface area contributed by atoms with Crippen molar-refractivity contribution in [1.29, 1.82) is 0 Å². The predicted molar refractivity (Wildman–Crippen MR) is 92.1 cm³/mol. The van der Waals surface area contributed by atoms with Crippen LogP contribution in [0.3, 0.4) is 0 Å². The number of amides is 1. The van der Waals surface area contributed by atoms with Gasteiger partial charge < -0.3 is 10.2 Å². The average Bonchev–Trinajstić information content (AvgIpc) is 3.17. The summed E-state index contributed by atoms with van der Waals surface area (Å²) in [6.07, 6.45) is 5.85. The van der Waals surface area contributed by atoms with Gasteiger partial charge in [0.1, 0.15) is 0 Å². The molecule has 0 radical (unpaired) electrons. The van der Waals surface area contributed by atoms with Crippen LogP contribution in [0.1, 0.15) is 33.6 Å². The van der Waals surface area contributed by atoms with E-state index in [1.165, 1.54) is 0 Å². The van der Waals surface area contributed by atoms with Crippen molar-refractivity contribution < 1.29 is 4.79 Å². The van der Waals surface area contributed by atoms with Crippen LogP contribution in [0.2, 0.25) is 0 Å². The van der Waals surface area contributed by atoms with Gasteiger partial charge in [-0.3, -0.25) is 9.36 Å². The van der Waals surface area contributed by atoms with Gasteiger partial charge >= 0.3 is 0 Å². The minimum Gasteiger partial charge on any atom is -0.351 e. The molecular weight excluding hydrogens is 310 g/mol. The number of carbonyl (C=O) groups is 1. The third-order valence-corrected chi connectivity index (χ3v) is 4.79. The summed E-state index contributed by atoms with van der Waals surface area (Å²) in [6.45, 7) is 7.68. The monoisotopic (exact) mass is 333 g/mol. The third kappa shape index (κ3) is 3.90. The van der Waals surface area contributed by atoms with Gasteiger partial charge in [0.15, 0.2) is 0 Å². The first-order chi connectivity index (χ1) is 10.9. The fraction of sp³-hybridized carbons (Fsp3) is 0.562. The van der Waals surface area contributed by atoms with Gasteiger partial charge in [-0.1, -0.05) is 11.3 Å². The smallest absolute Gasteiger partial charge is 0.225 e. The van der Waals surface area contributed by atoms with Gasteiger partial charge in [0, 0.05) is 31.0 Å². The van der Waals surface area contributed by atoms with Crippen molar-refractivity contribution >= 4 is 22.4 Å². The van der Waals surface area contributed by atoms with Crippen LogP contribution in [0.15, 0.2) is 24.5 Å². The molecule has 0 unspecified atom stereocenters. The van der Waals surface area contributed by atoms with Crippen LogP contribution in [-0.4, -0.2) is 39.3 Å². The lowest BCUT2D eigenvalue weighted by Gasteiger charge is -2.33. The van der Waals surface area contributed by atoms with Crippen LogP contribution >= 0.6 is 11.3 Å². The molecule has 1 saturated heterocycles. The maximum atomic E-state index is 12.4. The Hall–Kier alpha value is -1.89. The second-order valence-corrected chi connectivity index (χ2v) is 7.92. The lowest BCUT2D eigenvalue weighted by Crippen LogP contribution is -2.48. The van der Waals surface area contributed by atoms with Crippen LogP contribution < -0.4 is 10.2 Å². The summed E-state index contributed by atoms with van der Waals surface area (Å²) in [4.78, 5) is 14.6. The molecule has 1 N–H and O–H groups in total. The number of hydrogen-bond acceptors (Lipinski definition) is 5. The Bertz CT molecular complexity index is 658. The van der Waals surface area contributed by atoms with Gasteiger partial charge in [-0.2, -0.15) is 0 Å². The lowest BCUT2D eigenvalue weighted by atomic mass is 9.96. The van der Waals surface area contributed by atoms with E-state index in [-0.39, 0.29) is 17.4 Å². The molecule has 23 heavy (non-hydrogen) atoms. The summed E-state index contributed by atoms with van der Waals surface area (Å²) in [5.74, 6) is 0.152. The normalized spacial score (nSPS) is 18.9. The van der Waals surface area contributed by atoms with E-state index >= 15 is 0 Å². The molecule has 1 aliphatic heterocycles. The van der Waals surface area contributed by atoms with Gasteiger partial charge in [-0.25, -0.2) is 0 Å². The highest BCUT2D eigenvalue weighted by molar-refractivity contribution is 7.17. The molecule has 0 saturated carbocycles. The summed E-state index contributed by atoms with van der Waals surface area (Å²) in [7, 11) is 0. The Kier molecular flexibility index (Phi) is 4.39. The fourth-order valence-corrected chi connectivity index (χ4v) is 3.59. The molecule has 7 heteroatoms. The second kappa shape index (κ2) is 6.31. The van der Waals surface area contributed by atoms with E-state index in [1.54, 1.807) is 11.3 Å². The first-order valence-electron chi connectivity index (χ1n) is 7.96. The predicted octanol–water partition coefficient (Wildman–Crippen LogP) is 2.46. The van der Waals surface area contributed by atoms with Gasteiger partial charge in [0.2, 0.25) is 16.2 Å². The number of carbonyl (C=O) groups excluding carboxylic acids is 1. The van der Waals surface area contributed by atoms with Crippen molar-refractivity contribution in [3.05, 3.63) is 24.5 Å². The van der Waals surface area contributed by atoms with E-state index in [2.05, 4.69) is 20.4 Å². The molecule has 0 aromatic carbocycles. The molecule has 6 nitrogen and oxygen atoms in total. The van der Waals surface area contributed by atoms with Crippen LogP contribution in [0, 0.1) is 5.92 Å². The minimum atomic E-state index is -0.191. The third-order valence-electron chi connectivity index (χ3n) is 3.79. The van der Waals surface area contributed by atoms with Gasteiger partial charge in [-0.15, -0.1) is 10.2 Å². The van der Waals surface area contributed by atoms with E-state index in [4.69, 9.17) is 0 Å². The molecule has 124 valence electrons. The Labute approximate surface area is 140 Å². The fourth-order valence-electron chi connectivity index (χ4n) is 2.74. The molecule has 0 aliphatic carbocycles. The van der Waals surface area contributed by atoms with Gasteiger partial charge in [0.25, 0.3) is 0 Å². The van der Waals surface area contributed by atoms with Crippen LogP contribution in [0.4, 0.5) is 5.13 Å². The number of hydrogen-bond donors (Lipinski definition) is 1. The molecule has 1 fully saturated rings. The largest absolute Gasteiger partial charge is 0.351 e. The van der Waals surface area contributed by atoms with Crippen molar-refractivity contribution in [1.82, 2.24) is 20.1 Å². The van der Waals surface area contributed by atoms with Crippen molar-refractivity contribution in [3.8, 4) is 5.13 Å². The first kappa shape index (κ1) is 16.0. The maximum absolute atomic E-state index is 12.4. The Morgan fingerprint density at radius 3 is 2.65 bits per heavy atom. The van der Waals surface area contributed by atoms with E-state index < -0.39 is 0 Å². The number of piperidine rings is 1. The van der Waals surface area contributed by atoms with Crippen molar-refractivity contribution in [2.24, 2.45) is 5.92 Å². The summed E-state index contributed by atoms with van der Waals surface area (Å²) in [6, 6.07) is 3.93. The highest BCUT2D eigenvalue weighted by Gasteiger charge is 2.29. The Morgan fingerprint density at radius 1 is 1.26 bits per heavy atom. The van der Waals surface area contributed by atoms with E-state index in [9.17, 15) is 4.79 Å². The van der Waals surface area contributed by atoms with Crippen LogP contribution in [-0.2, 0) is 4.79 Å². The van der Waals surface area contributed by atoms with Crippen LogP contribution in [0.25, 0.3) is 5.13 Å². The zero-order chi connectivity index (χ0) is 16.4. The highest BCUT2D eigenvalue weighted by atomic mass is 32.1. The van der Waals surface area contributed by atoms with Crippen LogP contribution in [0.5, 0.6) is 0 Å². The van der Waals surface area contributed by atoms with E-state index in [1.807, 2.05) is 49.9 Å². The molecule has 1 amide bonds. The van der Waals surface area contributed by atoms with Crippen molar-refractivity contribution in [2.45, 2.75) is 39.2 Å². The molecule has 2 aromatic rings. The Balaban J connectivity index is 1.68. The summed E-state index contributed by atoms with van der Waals surface area (Å²) < 4.78 is 1.95. The van der Waals surface area contributed by atoms with Gasteiger partial charge in [0.05, 0.1) is 5.92 Å². The molecule has 0 spiro atoms. The standard InChI is InChI=1S/C16H23N5OS/c1-16(2,3)17-13(22)12-7-6-10-21(11-12)15-19-18-14(23-15)20-8-4-5-9-20/h4-5,8-9,12H,6-7,10-11H2,1-3H3,(H,17,22)/t12-/m0/s1. The van der Waals surface area contributed by atoms with E-state index in [0.717, 1.165) is 29.6 Å². The molecule has 3 heterocycles.